The molecule has 0 amide bonds. The summed E-state index contributed by atoms with van der Waals surface area (Å²) in [7, 11) is 0. The minimum Gasteiger partial charge on any atom is -0.506 e. The van der Waals surface area contributed by atoms with E-state index in [0.717, 1.165) is 17.0 Å². The third-order valence-corrected chi connectivity index (χ3v) is 4.17. The highest BCUT2D eigenvalue weighted by atomic mass is 16.5. The van der Waals surface area contributed by atoms with Crippen LogP contribution in [0.5, 0.6) is 5.75 Å². The van der Waals surface area contributed by atoms with Crippen LogP contribution in [-0.2, 0) is 17.8 Å². The zero-order valence-corrected chi connectivity index (χ0v) is 16.6. The van der Waals surface area contributed by atoms with Crippen molar-refractivity contribution in [3.8, 4) is 17.1 Å². The second-order valence-electron chi connectivity index (χ2n) is 7.33. The average molecular weight is 383 g/mol. The first kappa shape index (κ1) is 19.7. The molecular weight excluding hydrogens is 358 g/mol. The van der Waals surface area contributed by atoms with Crippen molar-refractivity contribution in [2.45, 2.75) is 40.8 Å². The predicted octanol–water partition coefficient (Wildman–Crippen LogP) is 3.42. The molecule has 3 aromatic rings. The Balaban J connectivity index is 0.000000516. The number of phenolic OH excluding ortho intramolecular Hbond substituents is 1. The van der Waals surface area contributed by atoms with Crippen molar-refractivity contribution in [2.24, 2.45) is 5.92 Å². The maximum Gasteiger partial charge on any atom is 0.343 e. The molecule has 0 saturated carbocycles. The lowest BCUT2D eigenvalue weighted by molar-refractivity contribution is 0.0523. The van der Waals surface area contributed by atoms with Crippen molar-refractivity contribution in [3.63, 3.8) is 0 Å². The summed E-state index contributed by atoms with van der Waals surface area (Å²) < 4.78 is 8.57. The molecule has 0 spiro atoms. The van der Waals surface area contributed by atoms with Gasteiger partial charge in [-0.15, -0.1) is 0 Å². The molecule has 28 heavy (non-hydrogen) atoms. The Morgan fingerprint density at radius 2 is 2.00 bits per heavy atom. The zero-order chi connectivity index (χ0) is 20.4. The Labute approximate surface area is 163 Å². The molecule has 1 aliphatic rings. The smallest absolute Gasteiger partial charge is 0.343 e. The van der Waals surface area contributed by atoms with Gasteiger partial charge in [0.25, 0.3) is 0 Å². The van der Waals surface area contributed by atoms with Crippen molar-refractivity contribution in [2.75, 3.05) is 6.61 Å². The number of ether oxygens (including phenoxy) is 1. The maximum absolute atomic E-state index is 12.3. The lowest BCUT2D eigenvalue weighted by atomic mass is 10.1. The zero-order valence-electron chi connectivity index (χ0n) is 16.6. The first-order valence-electron chi connectivity index (χ1n) is 9.44. The number of hydrogen-bond donors (Lipinski definition) is 1. The standard InChI is InChI=1S/C17H15N3O4.C4H10/c1-2-24-17(23)11-9-19-6-7-20-16(12(19)8-14(11)22)10-4-3-5-13(21)15(10)18-20;1-4(2)3/h3-5,8-9,21H,2,6-7H2,1H3;4H,1-3H3. The number of aromatic nitrogens is 3. The van der Waals surface area contributed by atoms with Gasteiger partial charge < -0.3 is 14.4 Å². The Hall–Kier alpha value is -3.09. The minimum atomic E-state index is -0.612. The molecule has 0 unspecified atom stereocenters. The molecule has 0 saturated heterocycles. The molecule has 0 atom stereocenters. The Bertz CT molecular complexity index is 1080. The van der Waals surface area contributed by atoms with Gasteiger partial charge in [-0.2, -0.15) is 5.10 Å². The maximum atomic E-state index is 12.3. The molecule has 7 heteroatoms. The summed E-state index contributed by atoms with van der Waals surface area (Å²) in [5.41, 5.74) is 1.58. The number of phenols is 1. The largest absolute Gasteiger partial charge is 0.506 e. The van der Waals surface area contributed by atoms with Gasteiger partial charge in [-0.3, -0.25) is 9.48 Å². The fraction of sp³-hybridized carbons (Fsp3) is 0.381. The van der Waals surface area contributed by atoms with Crippen LogP contribution < -0.4 is 5.43 Å². The van der Waals surface area contributed by atoms with E-state index >= 15 is 0 Å². The summed E-state index contributed by atoms with van der Waals surface area (Å²) in [5, 5.41) is 15.2. The van der Waals surface area contributed by atoms with E-state index in [4.69, 9.17) is 4.74 Å². The normalized spacial score (nSPS) is 12.2. The molecule has 0 radical (unpaired) electrons. The van der Waals surface area contributed by atoms with Crippen molar-refractivity contribution in [1.29, 1.82) is 0 Å². The first-order valence-corrected chi connectivity index (χ1v) is 9.44. The third kappa shape index (κ3) is 3.65. The van der Waals surface area contributed by atoms with Gasteiger partial charge in [0.1, 0.15) is 16.8 Å². The highest BCUT2D eigenvalue weighted by molar-refractivity contribution is 5.96. The van der Waals surface area contributed by atoms with Gasteiger partial charge in [0.2, 0.25) is 0 Å². The molecule has 148 valence electrons. The predicted molar refractivity (Wildman–Crippen MR) is 108 cm³/mol. The second-order valence-corrected chi connectivity index (χ2v) is 7.33. The fourth-order valence-corrected chi connectivity index (χ4v) is 3.10. The van der Waals surface area contributed by atoms with E-state index in [-0.39, 0.29) is 23.3 Å². The fourth-order valence-electron chi connectivity index (χ4n) is 3.10. The van der Waals surface area contributed by atoms with Crippen LogP contribution in [-0.4, -0.2) is 32.0 Å². The van der Waals surface area contributed by atoms with E-state index in [1.807, 2.05) is 10.6 Å². The Kier molecular flexibility index (Phi) is 5.53. The van der Waals surface area contributed by atoms with Gasteiger partial charge in [0.05, 0.1) is 24.5 Å². The molecule has 0 bridgehead atoms. The number of hydrogen-bond acceptors (Lipinski definition) is 5. The number of pyridine rings is 1. The third-order valence-electron chi connectivity index (χ3n) is 4.17. The van der Waals surface area contributed by atoms with Crippen molar-refractivity contribution in [1.82, 2.24) is 14.3 Å². The van der Waals surface area contributed by atoms with Gasteiger partial charge in [0.15, 0.2) is 5.43 Å². The van der Waals surface area contributed by atoms with Gasteiger partial charge in [-0.1, -0.05) is 32.9 Å². The Morgan fingerprint density at radius 3 is 2.68 bits per heavy atom. The topological polar surface area (TPSA) is 86.3 Å². The van der Waals surface area contributed by atoms with Crippen LogP contribution in [0.3, 0.4) is 0 Å². The number of rotatable bonds is 2. The second kappa shape index (κ2) is 7.88. The molecule has 7 nitrogen and oxygen atoms in total. The highest BCUT2D eigenvalue weighted by Gasteiger charge is 2.24. The lowest BCUT2D eigenvalue weighted by Crippen LogP contribution is -2.25. The number of carbonyl (C=O) groups is 1. The molecular formula is C21H25N3O4. The number of aromatic hydroxyl groups is 1. The summed E-state index contributed by atoms with van der Waals surface area (Å²) in [6.45, 7) is 9.58. The molecule has 1 aromatic carbocycles. The van der Waals surface area contributed by atoms with Crippen LogP contribution in [0.1, 0.15) is 38.1 Å². The minimum absolute atomic E-state index is 0.0284. The first-order chi connectivity index (χ1) is 13.3. The molecule has 4 rings (SSSR count). The van der Waals surface area contributed by atoms with Crippen molar-refractivity contribution >= 4 is 16.9 Å². The van der Waals surface area contributed by atoms with E-state index in [0.29, 0.717) is 24.3 Å². The monoisotopic (exact) mass is 383 g/mol. The van der Waals surface area contributed by atoms with Crippen molar-refractivity contribution < 1.29 is 14.6 Å². The summed E-state index contributed by atoms with van der Waals surface area (Å²) in [4.78, 5) is 24.3. The van der Waals surface area contributed by atoms with Crippen LogP contribution in [0.2, 0.25) is 0 Å². The van der Waals surface area contributed by atoms with E-state index in [2.05, 4.69) is 25.9 Å². The van der Waals surface area contributed by atoms with E-state index in [9.17, 15) is 14.7 Å². The SMILES string of the molecule is CC(C)C.CCOC(=O)c1cn2c(cc1=O)-c1c3cccc(O)c3nn1CC2. The summed E-state index contributed by atoms with van der Waals surface area (Å²) >= 11 is 0. The van der Waals surface area contributed by atoms with Gasteiger partial charge in [-0.05, 0) is 18.9 Å². The molecule has 0 aliphatic carbocycles. The Morgan fingerprint density at radius 1 is 1.29 bits per heavy atom. The number of aryl methyl sites for hydroxylation is 2. The summed E-state index contributed by atoms with van der Waals surface area (Å²) in [6.07, 6.45) is 1.54. The van der Waals surface area contributed by atoms with Crippen LogP contribution in [0.4, 0.5) is 0 Å². The number of esters is 1. The van der Waals surface area contributed by atoms with E-state index in [1.165, 1.54) is 6.07 Å². The average Bonchev–Trinajstić information content (AvgIpc) is 3.01. The van der Waals surface area contributed by atoms with Gasteiger partial charge in [-0.25, -0.2) is 4.79 Å². The lowest BCUT2D eigenvalue weighted by Gasteiger charge is -2.21. The van der Waals surface area contributed by atoms with E-state index < -0.39 is 5.97 Å². The van der Waals surface area contributed by atoms with Crippen LogP contribution in [0.25, 0.3) is 22.3 Å². The molecule has 0 fully saturated rings. The van der Waals surface area contributed by atoms with Crippen LogP contribution >= 0.6 is 0 Å². The summed E-state index contributed by atoms with van der Waals surface area (Å²) in [6, 6.07) is 6.61. The number of carbonyl (C=O) groups excluding carboxylic acids is 1. The van der Waals surface area contributed by atoms with Crippen LogP contribution in [0, 0.1) is 5.92 Å². The number of fused-ring (bicyclic) bond motifs is 5. The molecule has 1 N–H and O–H groups in total. The van der Waals surface area contributed by atoms with Crippen LogP contribution in [0.15, 0.2) is 35.3 Å². The van der Waals surface area contributed by atoms with Gasteiger partial charge in [0, 0.05) is 24.2 Å². The van der Waals surface area contributed by atoms with Gasteiger partial charge >= 0.3 is 5.97 Å². The van der Waals surface area contributed by atoms with Crippen molar-refractivity contribution in [3.05, 3.63) is 46.2 Å². The molecule has 3 heterocycles. The quantitative estimate of drug-likeness (QED) is 0.685. The molecule has 2 aromatic heterocycles. The highest BCUT2D eigenvalue weighted by Crippen LogP contribution is 2.34. The van der Waals surface area contributed by atoms with E-state index in [1.54, 1.807) is 29.9 Å². The number of benzene rings is 1. The number of nitrogens with zero attached hydrogens (tertiary/aromatic N) is 3. The summed E-state index contributed by atoms with van der Waals surface area (Å²) in [5.74, 6) is 0.325. The molecule has 1 aliphatic heterocycles.